The molecule has 0 spiro atoms. The Morgan fingerprint density at radius 1 is 0.958 bits per heavy atom. The molecule has 4 amide bonds. The van der Waals surface area contributed by atoms with Crippen LogP contribution in [0.4, 0.5) is 10.5 Å². The van der Waals surface area contributed by atoms with Gasteiger partial charge in [-0.15, -0.1) is 0 Å². The summed E-state index contributed by atoms with van der Waals surface area (Å²) in [4.78, 5) is 48.9. The van der Waals surface area contributed by atoms with E-state index in [4.69, 9.17) is 10.5 Å². The molecule has 12 nitrogen and oxygen atoms in total. The van der Waals surface area contributed by atoms with Crippen LogP contribution in [0.3, 0.4) is 0 Å². The Morgan fingerprint density at radius 2 is 1.67 bits per heavy atom. The topological polar surface area (TPSA) is 162 Å². The largest absolute Gasteiger partial charge is 0.506 e. The van der Waals surface area contributed by atoms with Crippen molar-refractivity contribution in [2.45, 2.75) is 44.2 Å². The number of benzene rings is 2. The number of nitrogens with zero attached hydrogens (tertiary/aromatic N) is 3. The molecule has 0 saturated carbocycles. The molecule has 6 N–H and O–H groups in total. The first kappa shape index (κ1) is 36.9. The van der Waals surface area contributed by atoms with Gasteiger partial charge in [-0.1, -0.05) is 12.1 Å². The van der Waals surface area contributed by atoms with Crippen LogP contribution < -0.4 is 31.3 Å². The van der Waals surface area contributed by atoms with E-state index in [1.165, 1.54) is 0 Å². The number of piperazine rings is 1. The lowest BCUT2D eigenvalue weighted by Crippen LogP contribution is -2.58. The number of hydrogen-bond acceptors (Lipinski definition) is 8. The number of urea groups is 1. The predicted molar refractivity (Wildman–Crippen MR) is 192 cm³/mol. The van der Waals surface area contributed by atoms with Crippen LogP contribution in [0.25, 0.3) is 0 Å². The predicted octanol–water partition coefficient (Wildman–Crippen LogP) is 3.74. The number of hydrogen-bond donors (Lipinski definition) is 5. The summed E-state index contributed by atoms with van der Waals surface area (Å²) in [5.41, 5.74) is 8.46. The zero-order chi connectivity index (χ0) is 34.5. The Balaban J connectivity index is 1.45. The van der Waals surface area contributed by atoms with Crippen LogP contribution in [0.5, 0.6) is 11.5 Å². The standard InChI is InChI=1S/C34H43Br2N7O5/c1-48-26-6-4-5-23(19-26)8-14-39-34(47)41-30(22-24-20-27(35)31(44)28(36)21-24)32(45)40-29(7-2-3-11-37)33(46)43-17-15-42(16-18-43)25-9-12-38-13-10-25/h4-6,9-10,12-13,19-21,29-30,44H,2-3,7-8,11,14-18,22,37H2,1H3,(H,40,45)(H2,39,41,47)/t29-,30+/m0/s1. The molecular formula is C34H43Br2N7O5. The van der Waals surface area contributed by atoms with Crippen LogP contribution in [0.1, 0.15) is 30.4 Å². The zero-order valence-corrected chi connectivity index (χ0v) is 30.1. The normalized spacial score (nSPS) is 14.2. The number of anilines is 1. The molecule has 0 aliphatic carbocycles. The van der Waals surface area contributed by atoms with Crippen LogP contribution >= 0.6 is 31.9 Å². The number of nitrogens with two attached hydrogens (primary N) is 1. The molecule has 48 heavy (non-hydrogen) atoms. The monoisotopic (exact) mass is 787 g/mol. The lowest BCUT2D eigenvalue weighted by molar-refractivity contribution is -0.137. The Morgan fingerprint density at radius 3 is 2.33 bits per heavy atom. The van der Waals surface area contributed by atoms with E-state index in [-0.39, 0.29) is 18.1 Å². The first-order chi connectivity index (χ1) is 23.2. The van der Waals surface area contributed by atoms with E-state index in [9.17, 15) is 19.5 Å². The van der Waals surface area contributed by atoms with Gasteiger partial charge >= 0.3 is 6.03 Å². The van der Waals surface area contributed by atoms with Gasteiger partial charge in [-0.3, -0.25) is 14.6 Å². The molecule has 0 unspecified atom stereocenters. The summed E-state index contributed by atoms with van der Waals surface area (Å²) < 4.78 is 6.16. The summed E-state index contributed by atoms with van der Waals surface area (Å²) in [5.74, 6) is 0.106. The third-order valence-corrected chi connectivity index (χ3v) is 9.36. The van der Waals surface area contributed by atoms with Crippen LogP contribution in [0, 0.1) is 0 Å². The van der Waals surface area contributed by atoms with Gasteiger partial charge in [0, 0.05) is 57.2 Å². The molecule has 2 aromatic carbocycles. The highest BCUT2D eigenvalue weighted by Gasteiger charge is 2.31. The third kappa shape index (κ3) is 10.8. The number of unbranched alkanes of at least 4 members (excludes halogenated alkanes) is 1. The fourth-order valence-electron chi connectivity index (χ4n) is 5.52. The van der Waals surface area contributed by atoms with E-state index in [2.05, 4.69) is 57.7 Å². The van der Waals surface area contributed by atoms with Crippen LogP contribution in [-0.2, 0) is 22.4 Å². The number of phenols is 1. The lowest BCUT2D eigenvalue weighted by atomic mass is 10.0. The number of carbonyl (C=O) groups excluding carboxylic acids is 3. The summed E-state index contributed by atoms with van der Waals surface area (Å²) in [6.07, 6.45) is 5.95. The van der Waals surface area contributed by atoms with Crippen molar-refractivity contribution < 1.29 is 24.2 Å². The molecule has 1 aliphatic heterocycles. The second-order valence-electron chi connectivity index (χ2n) is 11.5. The van der Waals surface area contributed by atoms with E-state index in [1.807, 2.05) is 36.4 Å². The average Bonchev–Trinajstić information content (AvgIpc) is 3.10. The number of nitrogens with one attached hydrogen (secondary N) is 3. The molecule has 2 heterocycles. The zero-order valence-electron chi connectivity index (χ0n) is 27.0. The van der Waals surface area contributed by atoms with Gasteiger partial charge in [0.25, 0.3) is 0 Å². The van der Waals surface area contributed by atoms with Crippen molar-refractivity contribution >= 4 is 55.4 Å². The molecule has 258 valence electrons. The van der Waals surface area contributed by atoms with Gasteiger partial charge in [-0.25, -0.2) is 4.79 Å². The SMILES string of the molecule is COc1cccc(CCNC(=O)N[C@H](Cc2cc(Br)c(O)c(Br)c2)C(=O)N[C@@H](CCCCN)C(=O)N2CCN(c3ccncc3)CC2)c1. The molecule has 1 saturated heterocycles. The van der Waals surface area contributed by atoms with Gasteiger partial charge in [-0.05, 0) is 112 Å². The molecule has 1 aromatic heterocycles. The van der Waals surface area contributed by atoms with Gasteiger partial charge in [0.15, 0.2) is 0 Å². The van der Waals surface area contributed by atoms with Crippen molar-refractivity contribution in [1.29, 1.82) is 0 Å². The van der Waals surface area contributed by atoms with E-state index < -0.39 is 24.0 Å². The lowest BCUT2D eigenvalue weighted by Gasteiger charge is -2.37. The van der Waals surface area contributed by atoms with E-state index in [0.29, 0.717) is 79.5 Å². The molecule has 1 aliphatic rings. The highest BCUT2D eigenvalue weighted by Crippen LogP contribution is 2.33. The highest BCUT2D eigenvalue weighted by molar-refractivity contribution is 9.11. The maximum Gasteiger partial charge on any atom is 0.315 e. The molecule has 14 heteroatoms. The fourth-order valence-corrected chi connectivity index (χ4v) is 6.80. The van der Waals surface area contributed by atoms with Crippen LogP contribution in [0.2, 0.25) is 0 Å². The van der Waals surface area contributed by atoms with Crippen molar-refractivity contribution in [3.8, 4) is 11.5 Å². The number of phenolic OH excluding ortho intramolecular Hbond substituents is 1. The second kappa shape index (κ2) is 18.6. The van der Waals surface area contributed by atoms with Gasteiger partial charge in [-0.2, -0.15) is 0 Å². The Labute approximate surface area is 298 Å². The third-order valence-electron chi connectivity index (χ3n) is 8.15. The number of pyridine rings is 1. The van der Waals surface area contributed by atoms with Crippen LogP contribution in [0.15, 0.2) is 69.9 Å². The maximum atomic E-state index is 13.9. The number of amides is 4. The number of aromatic nitrogens is 1. The van der Waals surface area contributed by atoms with Gasteiger partial charge in [0.05, 0.1) is 16.1 Å². The number of carbonyl (C=O) groups is 3. The van der Waals surface area contributed by atoms with E-state index >= 15 is 0 Å². The van der Waals surface area contributed by atoms with Gasteiger partial charge in [0.2, 0.25) is 11.8 Å². The minimum Gasteiger partial charge on any atom is -0.506 e. The summed E-state index contributed by atoms with van der Waals surface area (Å²) in [6, 6.07) is 12.5. The Bertz CT molecular complexity index is 1500. The first-order valence-electron chi connectivity index (χ1n) is 16.0. The van der Waals surface area contributed by atoms with Gasteiger partial charge in [0.1, 0.15) is 23.6 Å². The van der Waals surface area contributed by atoms with E-state index in [1.54, 1.807) is 36.5 Å². The number of rotatable bonds is 15. The minimum absolute atomic E-state index is 0.0255. The first-order valence-corrected chi connectivity index (χ1v) is 17.6. The summed E-state index contributed by atoms with van der Waals surface area (Å²) in [5, 5.41) is 18.8. The molecule has 0 bridgehead atoms. The number of halogens is 2. The maximum absolute atomic E-state index is 13.9. The van der Waals surface area contributed by atoms with Crippen LogP contribution in [-0.4, -0.2) is 91.3 Å². The van der Waals surface area contributed by atoms with Crippen molar-refractivity contribution in [2.24, 2.45) is 5.73 Å². The Kier molecular flexibility index (Phi) is 14.3. The Hall–Kier alpha value is -3.88. The number of ether oxygens (including phenoxy) is 1. The van der Waals surface area contributed by atoms with Crippen molar-refractivity contribution in [1.82, 2.24) is 25.8 Å². The molecular weight excluding hydrogens is 746 g/mol. The number of methoxy groups -OCH3 is 1. The molecule has 2 atom stereocenters. The quantitative estimate of drug-likeness (QED) is 0.146. The smallest absolute Gasteiger partial charge is 0.315 e. The molecule has 0 radical (unpaired) electrons. The molecule has 4 rings (SSSR count). The summed E-state index contributed by atoms with van der Waals surface area (Å²) in [7, 11) is 1.60. The van der Waals surface area contributed by atoms with E-state index in [0.717, 1.165) is 17.0 Å². The molecule has 1 fully saturated rings. The fraction of sp³-hybridized carbons (Fsp3) is 0.412. The van der Waals surface area contributed by atoms with Crippen molar-refractivity contribution in [2.75, 3.05) is 51.3 Å². The van der Waals surface area contributed by atoms with Crippen molar-refractivity contribution in [3.63, 3.8) is 0 Å². The van der Waals surface area contributed by atoms with Gasteiger partial charge < -0.3 is 41.3 Å². The summed E-state index contributed by atoms with van der Waals surface area (Å²) in [6.45, 7) is 3.14. The molecule has 3 aromatic rings. The summed E-state index contributed by atoms with van der Waals surface area (Å²) >= 11 is 6.69. The average molecular weight is 790 g/mol. The highest BCUT2D eigenvalue weighted by atomic mass is 79.9. The number of aromatic hydroxyl groups is 1. The second-order valence-corrected chi connectivity index (χ2v) is 13.2. The van der Waals surface area contributed by atoms with Crippen molar-refractivity contribution in [3.05, 3.63) is 81.0 Å². The minimum atomic E-state index is -1.02.